The Labute approximate surface area is 93.8 Å². The molecule has 0 aliphatic rings. The number of halogens is 2. The first kappa shape index (κ1) is 11.2. The third-order valence-electron chi connectivity index (χ3n) is 1.61. The zero-order valence-corrected chi connectivity index (χ0v) is 8.92. The van der Waals surface area contributed by atoms with Crippen LogP contribution in [-0.2, 0) is 0 Å². The van der Waals surface area contributed by atoms with Crippen LogP contribution < -0.4 is 0 Å². The smallest absolute Gasteiger partial charge is 0.134 e. The van der Waals surface area contributed by atoms with Crippen molar-refractivity contribution in [2.75, 3.05) is 0 Å². The molecule has 0 aliphatic carbocycles. The van der Waals surface area contributed by atoms with Gasteiger partial charge in [-0.3, -0.25) is 0 Å². The van der Waals surface area contributed by atoms with Gasteiger partial charge in [-0.1, -0.05) is 0 Å². The van der Waals surface area contributed by atoms with Crippen LogP contribution in [0.5, 0.6) is 5.75 Å². The first-order chi connectivity index (χ1) is 7.08. The largest absolute Gasteiger partial charge is 0.507 e. The number of phenolic OH excluding ortho intramolecular Hbond substituents is 1. The van der Waals surface area contributed by atoms with Crippen LogP contribution in [0.3, 0.4) is 0 Å². The summed E-state index contributed by atoms with van der Waals surface area (Å²) in [7, 11) is 0. The van der Waals surface area contributed by atoms with Crippen molar-refractivity contribution in [3.63, 3.8) is 0 Å². The van der Waals surface area contributed by atoms with Gasteiger partial charge in [0.25, 0.3) is 0 Å². The number of rotatable bonds is 1. The molecule has 0 atom stereocenters. The molecule has 1 N–H and O–H groups in total. The lowest BCUT2D eigenvalue weighted by Crippen LogP contribution is -1.84. The lowest BCUT2D eigenvalue weighted by atomic mass is 10.1. The first-order valence-electron chi connectivity index (χ1n) is 3.78. The van der Waals surface area contributed by atoms with Gasteiger partial charge in [0.2, 0.25) is 0 Å². The van der Waals surface area contributed by atoms with Gasteiger partial charge in [-0.25, -0.2) is 4.39 Å². The predicted octanol–water partition coefficient (Wildman–Crippen LogP) is 2.72. The lowest BCUT2D eigenvalue weighted by molar-refractivity contribution is 0.465. The van der Waals surface area contributed by atoms with Crippen molar-refractivity contribution < 1.29 is 9.50 Å². The number of benzene rings is 1. The number of aromatic hydroxyl groups is 1. The van der Waals surface area contributed by atoms with Gasteiger partial charge in [0.05, 0.1) is 4.47 Å². The fourth-order valence-electron chi connectivity index (χ4n) is 0.907. The Morgan fingerprint density at radius 1 is 1.40 bits per heavy atom. The van der Waals surface area contributed by atoms with Gasteiger partial charge in [0.1, 0.15) is 29.3 Å². The summed E-state index contributed by atoms with van der Waals surface area (Å²) in [6.45, 7) is 0. The van der Waals surface area contributed by atoms with Crippen molar-refractivity contribution >= 4 is 22.0 Å². The summed E-state index contributed by atoms with van der Waals surface area (Å²) in [6, 6.07) is 5.43. The third-order valence-corrected chi connectivity index (χ3v) is 2.24. The molecule has 0 saturated carbocycles. The Hall–Kier alpha value is -1.85. The molecule has 74 valence electrons. The van der Waals surface area contributed by atoms with Gasteiger partial charge in [0.15, 0.2) is 0 Å². The van der Waals surface area contributed by atoms with E-state index in [-0.39, 0.29) is 16.9 Å². The van der Waals surface area contributed by atoms with Crippen molar-refractivity contribution in [2.24, 2.45) is 0 Å². The summed E-state index contributed by atoms with van der Waals surface area (Å²) in [5.74, 6) is -0.932. The van der Waals surface area contributed by atoms with Crippen LogP contribution in [0.4, 0.5) is 4.39 Å². The van der Waals surface area contributed by atoms with E-state index < -0.39 is 5.82 Å². The maximum absolute atomic E-state index is 13.2. The number of phenols is 1. The van der Waals surface area contributed by atoms with E-state index in [2.05, 4.69) is 15.9 Å². The molecule has 0 aliphatic heterocycles. The van der Waals surface area contributed by atoms with Crippen molar-refractivity contribution in [2.45, 2.75) is 0 Å². The van der Waals surface area contributed by atoms with Gasteiger partial charge in [-0.15, -0.1) is 0 Å². The Morgan fingerprint density at radius 2 is 2.00 bits per heavy atom. The van der Waals surface area contributed by atoms with Crippen LogP contribution in [0, 0.1) is 28.5 Å². The Balaban J connectivity index is 3.30. The van der Waals surface area contributed by atoms with Crippen molar-refractivity contribution in [3.05, 3.63) is 33.6 Å². The van der Waals surface area contributed by atoms with Gasteiger partial charge in [-0.2, -0.15) is 10.5 Å². The standard InChI is InChI=1S/C10H4BrFN2O/c11-8-2-7(1-6(4-13)5-14)9(12)3-10(8)15/h1-3,15H. The molecule has 0 bridgehead atoms. The third kappa shape index (κ3) is 2.55. The van der Waals surface area contributed by atoms with E-state index in [0.29, 0.717) is 4.47 Å². The normalized spacial score (nSPS) is 8.80. The molecule has 0 fully saturated rings. The quantitative estimate of drug-likeness (QED) is 0.795. The Kier molecular flexibility index (Phi) is 3.43. The highest BCUT2D eigenvalue weighted by Crippen LogP contribution is 2.27. The van der Waals surface area contributed by atoms with Crippen LogP contribution >= 0.6 is 15.9 Å². The molecule has 0 amide bonds. The Morgan fingerprint density at radius 3 is 2.53 bits per heavy atom. The molecule has 1 aromatic rings. The maximum Gasteiger partial charge on any atom is 0.134 e. The van der Waals surface area contributed by atoms with Crippen molar-refractivity contribution in [1.29, 1.82) is 10.5 Å². The molecule has 0 radical (unpaired) electrons. The Bertz CT molecular complexity index is 495. The summed E-state index contributed by atoms with van der Waals surface area (Å²) in [5.41, 5.74) is -0.135. The lowest BCUT2D eigenvalue weighted by Gasteiger charge is -2.00. The molecule has 0 spiro atoms. The fourth-order valence-corrected chi connectivity index (χ4v) is 1.27. The van der Waals surface area contributed by atoms with Gasteiger partial charge >= 0.3 is 0 Å². The van der Waals surface area contributed by atoms with E-state index in [9.17, 15) is 4.39 Å². The van der Waals surface area contributed by atoms with E-state index in [1.54, 1.807) is 12.1 Å². The average molecular weight is 267 g/mol. The minimum absolute atomic E-state index is 0.0674. The topological polar surface area (TPSA) is 67.8 Å². The van der Waals surface area contributed by atoms with Crippen LogP contribution in [0.2, 0.25) is 0 Å². The van der Waals surface area contributed by atoms with Crippen LogP contribution in [0.1, 0.15) is 5.56 Å². The van der Waals surface area contributed by atoms with E-state index in [1.807, 2.05) is 0 Å². The highest BCUT2D eigenvalue weighted by molar-refractivity contribution is 9.10. The monoisotopic (exact) mass is 266 g/mol. The zero-order chi connectivity index (χ0) is 11.4. The second kappa shape index (κ2) is 4.59. The van der Waals surface area contributed by atoms with Gasteiger partial charge in [-0.05, 0) is 28.1 Å². The molecule has 0 unspecified atom stereocenters. The molecule has 0 aromatic heterocycles. The zero-order valence-electron chi connectivity index (χ0n) is 7.33. The van der Waals surface area contributed by atoms with E-state index >= 15 is 0 Å². The maximum atomic E-state index is 13.2. The molecule has 5 heteroatoms. The number of hydrogen-bond donors (Lipinski definition) is 1. The molecule has 0 heterocycles. The molecular formula is C10H4BrFN2O. The van der Waals surface area contributed by atoms with Crippen molar-refractivity contribution in [3.8, 4) is 17.9 Å². The fraction of sp³-hybridized carbons (Fsp3) is 0. The molecule has 1 aromatic carbocycles. The molecule has 1 rings (SSSR count). The van der Waals surface area contributed by atoms with Gasteiger partial charge < -0.3 is 5.11 Å². The van der Waals surface area contributed by atoms with Crippen LogP contribution in [0.15, 0.2) is 22.2 Å². The number of nitriles is 2. The molecule has 15 heavy (non-hydrogen) atoms. The summed E-state index contributed by atoms with van der Waals surface area (Å²) in [4.78, 5) is 0. The number of nitrogens with zero attached hydrogens (tertiary/aromatic N) is 2. The predicted molar refractivity (Wildman–Crippen MR) is 55.0 cm³/mol. The van der Waals surface area contributed by atoms with E-state index in [1.165, 1.54) is 6.07 Å². The summed E-state index contributed by atoms with van der Waals surface area (Å²) in [6.07, 6.45) is 1.11. The minimum Gasteiger partial charge on any atom is -0.507 e. The van der Waals surface area contributed by atoms with E-state index in [0.717, 1.165) is 12.1 Å². The van der Waals surface area contributed by atoms with Crippen molar-refractivity contribution in [1.82, 2.24) is 0 Å². The van der Waals surface area contributed by atoms with Crippen LogP contribution in [-0.4, -0.2) is 5.11 Å². The second-order valence-electron chi connectivity index (χ2n) is 2.61. The summed E-state index contributed by atoms with van der Waals surface area (Å²) in [5, 5.41) is 26.1. The highest BCUT2D eigenvalue weighted by Gasteiger charge is 2.06. The molecule has 3 nitrogen and oxygen atoms in total. The summed E-state index contributed by atoms with van der Waals surface area (Å²) >= 11 is 3.00. The first-order valence-corrected chi connectivity index (χ1v) is 4.57. The second-order valence-corrected chi connectivity index (χ2v) is 3.46. The number of hydrogen-bond acceptors (Lipinski definition) is 3. The van der Waals surface area contributed by atoms with E-state index in [4.69, 9.17) is 15.6 Å². The average Bonchev–Trinajstić information content (AvgIpc) is 2.21. The minimum atomic E-state index is -0.696. The highest BCUT2D eigenvalue weighted by atomic mass is 79.9. The molecular weight excluding hydrogens is 263 g/mol. The number of allylic oxidation sites excluding steroid dienone is 1. The molecule has 0 saturated heterocycles. The van der Waals surface area contributed by atoms with Gasteiger partial charge in [0, 0.05) is 11.6 Å². The summed E-state index contributed by atoms with van der Waals surface area (Å²) < 4.78 is 13.5. The SMILES string of the molecule is N#CC(C#N)=Cc1cc(Br)c(O)cc1F. The van der Waals surface area contributed by atoms with Crippen LogP contribution in [0.25, 0.3) is 6.08 Å².